The largest absolute Gasteiger partial charge is 0.299 e. The topological polar surface area (TPSA) is 35.8 Å². The van der Waals surface area contributed by atoms with Crippen LogP contribution in [0.3, 0.4) is 0 Å². The zero-order valence-electron chi connectivity index (χ0n) is 12.6. The molecule has 1 N–H and O–H groups in total. The second-order valence-electron chi connectivity index (χ2n) is 5.17. The molecule has 0 aliphatic rings. The predicted molar refractivity (Wildman–Crippen MR) is 82.9 cm³/mol. The molecule has 0 fully saturated rings. The Morgan fingerprint density at radius 3 is 2.56 bits per heavy atom. The third-order valence-corrected chi connectivity index (χ3v) is 4.90. The smallest absolute Gasteiger partial charge is 0.106 e. The third kappa shape index (κ3) is 7.28. The van der Waals surface area contributed by atoms with Crippen molar-refractivity contribution in [2.45, 2.75) is 65.3 Å². The summed E-state index contributed by atoms with van der Waals surface area (Å²) in [6.45, 7) is 9.76. The maximum absolute atomic E-state index is 9.37. The number of nitrogens with one attached hydrogen (secondary N) is 1. The molecule has 0 amide bonds. The lowest BCUT2D eigenvalue weighted by atomic mass is 9.92. The fourth-order valence-electron chi connectivity index (χ4n) is 1.81. The lowest BCUT2D eigenvalue weighted by Gasteiger charge is -2.26. The Morgan fingerprint density at radius 1 is 1.33 bits per heavy atom. The molecule has 106 valence electrons. The zero-order valence-corrected chi connectivity index (χ0v) is 13.4. The summed E-state index contributed by atoms with van der Waals surface area (Å²) >= 11 is 2.03. The molecule has 18 heavy (non-hydrogen) atoms. The van der Waals surface area contributed by atoms with E-state index in [9.17, 15) is 5.26 Å². The summed E-state index contributed by atoms with van der Waals surface area (Å²) in [5, 5.41) is 12.8. The third-order valence-electron chi connectivity index (χ3n) is 3.52. The van der Waals surface area contributed by atoms with Crippen molar-refractivity contribution in [2.75, 3.05) is 18.1 Å². The van der Waals surface area contributed by atoms with Crippen molar-refractivity contribution in [3.05, 3.63) is 0 Å². The minimum atomic E-state index is -0.285. The molecule has 0 spiro atoms. The SMILES string of the molecule is CCCNC(C#N)(CC)CCCSCC(C)CC. The van der Waals surface area contributed by atoms with E-state index in [1.807, 2.05) is 11.8 Å². The first-order valence-electron chi connectivity index (χ1n) is 7.38. The first kappa shape index (κ1) is 17.8. The number of nitriles is 1. The monoisotopic (exact) mass is 270 g/mol. The van der Waals surface area contributed by atoms with Gasteiger partial charge in [0, 0.05) is 0 Å². The molecule has 0 rings (SSSR count). The van der Waals surface area contributed by atoms with Gasteiger partial charge in [-0.1, -0.05) is 34.1 Å². The summed E-state index contributed by atoms with van der Waals surface area (Å²) < 4.78 is 0. The maximum atomic E-state index is 9.37. The van der Waals surface area contributed by atoms with E-state index in [-0.39, 0.29) is 5.54 Å². The van der Waals surface area contributed by atoms with Crippen LogP contribution in [-0.4, -0.2) is 23.6 Å². The standard InChI is InChI=1S/C15H30N2S/c1-5-10-17-15(7-3,13-16)9-8-11-18-12-14(4)6-2/h14,17H,5-12H2,1-4H3. The molecule has 0 radical (unpaired) electrons. The van der Waals surface area contributed by atoms with Crippen molar-refractivity contribution in [1.82, 2.24) is 5.32 Å². The Bertz CT molecular complexity index is 237. The van der Waals surface area contributed by atoms with Gasteiger partial charge in [0.1, 0.15) is 5.54 Å². The first-order valence-corrected chi connectivity index (χ1v) is 8.53. The van der Waals surface area contributed by atoms with Gasteiger partial charge in [-0.2, -0.15) is 17.0 Å². The fourth-order valence-corrected chi connectivity index (χ4v) is 2.96. The molecule has 0 aromatic heterocycles. The van der Waals surface area contributed by atoms with Gasteiger partial charge in [0.2, 0.25) is 0 Å². The Balaban J connectivity index is 3.87. The molecule has 0 aliphatic carbocycles. The number of nitrogens with zero attached hydrogens (tertiary/aromatic N) is 1. The van der Waals surface area contributed by atoms with Crippen molar-refractivity contribution in [1.29, 1.82) is 5.26 Å². The Hall–Kier alpha value is -0.200. The molecular weight excluding hydrogens is 240 g/mol. The van der Waals surface area contributed by atoms with Crippen molar-refractivity contribution < 1.29 is 0 Å². The van der Waals surface area contributed by atoms with Gasteiger partial charge in [0.25, 0.3) is 0 Å². The van der Waals surface area contributed by atoms with Gasteiger partial charge in [-0.3, -0.25) is 5.32 Å². The number of hydrogen-bond donors (Lipinski definition) is 1. The second kappa shape index (κ2) is 10.7. The molecule has 0 saturated carbocycles. The fraction of sp³-hybridized carbons (Fsp3) is 0.933. The van der Waals surface area contributed by atoms with Crippen molar-refractivity contribution in [3.8, 4) is 6.07 Å². The van der Waals surface area contributed by atoms with Crippen LogP contribution in [0.15, 0.2) is 0 Å². The molecule has 2 nitrogen and oxygen atoms in total. The average molecular weight is 270 g/mol. The van der Waals surface area contributed by atoms with E-state index in [1.54, 1.807) is 0 Å². The normalized spacial score (nSPS) is 15.9. The molecule has 0 saturated heterocycles. The van der Waals surface area contributed by atoms with Crippen molar-refractivity contribution >= 4 is 11.8 Å². The summed E-state index contributed by atoms with van der Waals surface area (Å²) in [5.41, 5.74) is -0.285. The molecule has 0 aromatic carbocycles. The molecule has 0 aliphatic heterocycles. The summed E-state index contributed by atoms with van der Waals surface area (Å²) in [6.07, 6.45) is 5.38. The summed E-state index contributed by atoms with van der Waals surface area (Å²) in [7, 11) is 0. The van der Waals surface area contributed by atoms with E-state index in [2.05, 4.69) is 39.1 Å². The number of rotatable bonds is 11. The van der Waals surface area contributed by atoms with E-state index < -0.39 is 0 Å². The molecule has 2 unspecified atom stereocenters. The van der Waals surface area contributed by atoms with Crippen LogP contribution in [0.1, 0.15) is 59.8 Å². The zero-order chi connectivity index (χ0) is 13.9. The van der Waals surface area contributed by atoms with Crippen LogP contribution >= 0.6 is 11.8 Å². The lowest BCUT2D eigenvalue weighted by molar-refractivity contribution is 0.371. The highest BCUT2D eigenvalue weighted by Crippen LogP contribution is 2.20. The molecule has 0 heterocycles. The molecule has 3 heteroatoms. The number of thioether (sulfide) groups is 1. The Labute approximate surface area is 118 Å². The van der Waals surface area contributed by atoms with E-state index in [1.165, 1.54) is 17.9 Å². The Morgan fingerprint density at radius 2 is 2.06 bits per heavy atom. The van der Waals surface area contributed by atoms with E-state index in [0.29, 0.717) is 0 Å². The highest BCUT2D eigenvalue weighted by molar-refractivity contribution is 7.99. The van der Waals surface area contributed by atoms with Gasteiger partial charge in [-0.15, -0.1) is 0 Å². The summed E-state index contributed by atoms with van der Waals surface area (Å²) in [5.74, 6) is 3.26. The van der Waals surface area contributed by atoms with Gasteiger partial charge in [-0.05, 0) is 49.7 Å². The molecule has 2 atom stereocenters. The van der Waals surface area contributed by atoms with Crippen LogP contribution in [-0.2, 0) is 0 Å². The van der Waals surface area contributed by atoms with Gasteiger partial charge < -0.3 is 0 Å². The van der Waals surface area contributed by atoms with Crippen LogP contribution < -0.4 is 5.32 Å². The average Bonchev–Trinajstić information content (AvgIpc) is 2.42. The van der Waals surface area contributed by atoms with Gasteiger partial charge in [0.15, 0.2) is 0 Å². The van der Waals surface area contributed by atoms with Gasteiger partial charge in [0.05, 0.1) is 6.07 Å². The van der Waals surface area contributed by atoms with Crippen molar-refractivity contribution in [2.24, 2.45) is 5.92 Å². The minimum Gasteiger partial charge on any atom is -0.299 e. The lowest BCUT2D eigenvalue weighted by Crippen LogP contribution is -2.43. The highest BCUT2D eigenvalue weighted by Gasteiger charge is 2.25. The minimum absolute atomic E-state index is 0.285. The summed E-state index contributed by atoms with van der Waals surface area (Å²) in [6, 6.07) is 2.49. The van der Waals surface area contributed by atoms with E-state index in [0.717, 1.165) is 38.1 Å². The molecular formula is C15H30N2S. The highest BCUT2D eigenvalue weighted by atomic mass is 32.2. The van der Waals surface area contributed by atoms with Gasteiger partial charge in [-0.25, -0.2) is 0 Å². The maximum Gasteiger partial charge on any atom is 0.106 e. The summed E-state index contributed by atoms with van der Waals surface area (Å²) in [4.78, 5) is 0. The molecule has 0 aromatic rings. The predicted octanol–water partition coefficient (Wildman–Crippen LogP) is 4.22. The van der Waals surface area contributed by atoms with Crippen molar-refractivity contribution in [3.63, 3.8) is 0 Å². The second-order valence-corrected chi connectivity index (χ2v) is 6.32. The van der Waals surface area contributed by atoms with Crippen LogP contribution in [0.5, 0.6) is 0 Å². The van der Waals surface area contributed by atoms with Gasteiger partial charge >= 0.3 is 0 Å². The van der Waals surface area contributed by atoms with E-state index in [4.69, 9.17) is 0 Å². The first-order chi connectivity index (χ1) is 8.64. The number of hydrogen-bond acceptors (Lipinski definition) is 3. The van der Waals surface area contributed by atoms with Crippen LogP contribution in [0.4, 0.5) is 0 Å². The molecule has 0 bridgehead atoms. The van der Waals surface area contributed by atoms with Crippen LogP contribution in [0.2, 0.25) is 0 Å². The van der Waals surface area contributed by atoms with Crippen LogP contribution in [0, 0.1) is 17.2 Å². The Kier molecular flexibility index (Phi) is 10.6. The van der Waals surface area contributed by atoms with Crippen LogP contribution in [0.25, 0.3) is 0 Å². The van der Waals surface area contributed by atoms with E-state index >= 15 is 0 Å². The quantitative estimate of drug-likeness (QED) is 0.571.